The molecule has 1 unspecified atom stereocenters. The molecule has 134 valence electrons. The summed E-state index contributed by atoms with van der Waals surface area (Å²) >= 11 is 0. The molecule has 0 aromatic carbocycles. The second-order valence-corrected chi connectivity index (χ2v) is 7.47. The van der Waals surface area contributed by atoms with Gasteiger partial charge in [0, 0.05) is 24.9 Å². The van der Waals surface area contributed by atoms with E-state index in [-0.39, 0.29) is 11.5 Å². The number of likely N-dealkylation sites (tertiary alicyclic amines) is 1. The van der Waals surface area contributed by atoms with Crippen LogP contribution >= 0.6 is 0 Å². The molecule has 1 aromatic heterocycles. The fourth-order valence-corrected chi connectivity index (χ4v) is 4.36. The van der Waals surface area contributed by atoms with Crippen LogP contribution in [0.15, 0.2) is 36.0 Å². The van der Waals surface area contributed by atoms with Gasteiger partial charge >= 0.3 is 0 Å². The number of carbonyl (C=O) groups is 1. The second-order valence-electron chi connectivity index (χ2n) is 7.47. The molecule has 25 heavy (non-hydrogen) atoms. The van der Waals surface area contributed by atoms with Gasteiger partial charge in [-0.25, -0.2) is 4.98 Å². The van der Waals surface area contributed by atoms with E-state index >= 15 is 0 Å². The molecule has 1 atom stereocenters. The third-order valence-electron chi connectivity index (χ3n) is 5.83. The summed E-state index contributed by atoms with van der Waals surface area (Å²) in [5.74, 6) is 1.68. The number of nitrogens with zero attached hydrogens (tertiary/aromatic N) is 2. The standard InChI is InChI=1S/C20H27N3O2/c24-19(16-6-2-1-3-7-16)23-14-20(15-23)17(10-13-25-20)9-12-22-18-8-4-5-11-21-18/h4-6,8,11,17H,1-3,7,9-10,12-15H2,(H,21,22). The van der Waals surface area contributed by atoms with Gasteiger partial charge in [0.1, 0.15) is 11.4 Å². The molecule has 2 aliphatic heterocycles. The second kappa shape index (κ2) is 7.16. The monoisotopic (exact) mass is 341 g/mol. The van der Waals surface area contributed by atoms with Crippen LogP contribution in [0.3, 0.4) is 0 Å². The Labute approximate surface area is 149 Å². The number of nitrogens with one attached hydrogen (secondary N) is 1. The van der Waals surface area contributed by atoms with E-state index in [4.69, 9.17) is 4.74 Å². The van der Waals surface area contributed by atoms with Crippen molar-refractivity contribution in [1.29, 1.82) is 0 Å². The lowest BCUT2D eigenvalue weighted by Crippen LogP contribution is -2.66. The summed E-state index contributed by atoms with van der Waals surface area (Å²) < 4.78 is 6.10. The minimum atomic E-state index is -0.101. The highest BCUT2D eigenvalue weighted by Crippen LogP contribution is 2.42. The van der Waals surface area contributed by atoms with E-state index in [0.717, 1.165) is 69.7 Å². The van der Waals surface area contributed by atoms with Crippen LogP contribution in [0.1, 0.15) is 38.5 Å². The average Bonchev–Trinajstić information content (AvgIpc) is 3.05. The topological polar surface area (TPSA) is 54.5 Å². The van der Waals surface area contributed by atoms with Gasteiger partial charge in [-0.15, -0.1) is 0 Å². The van der Waals surface area contributed by atoms with Gasteiger partial charge in [-0.1, -0.05) is 12.1 Å². The Bertz CT molecular complexity index is 638. The molecule has 0 saturated carbocycles. The van der Waals surface area contributed by atoms with Crippen LogP contribution in [0.2, 0.25) is 0 Å². The van der Waals surface area contributed by atoms with E-state index in [1.807, 2.05) is 23.1 Å². The van der Waals surface area contributed by atoms with Crippen molar-refractivity contribution in [3.63, 3.8) is 0 Å². The van der Waals surface area contributed by atoms with Crippen LogP contribution in [-0.2, 0) is 9.53 Å². The van der Waals surface area contributed by atoms with Gasteiger partial charge in [-0.3, -0.25) is 4.79 Å². The molecule has 5 nitrogen and oxygen atoms in total. The molecular weight excluding hydrogens is 314 g/mol. The fourth-order valence-electron chi connectivity index (χ4n) is 4.36. The maximum absolute atomic E-state index is 12.6. The number of hydrogen-bond acceptors (Lipinski definition) is 4. The van der Waals surface area contributed by atoms with Gasteiger partial charge in [0.2, 0.25) is 5.91 Å². The fraction of sp³-hybridized carbons (Fsp3) is 0.600. The lowest BCUT2D eigenvalue weighted by Gasteiger charge is -2.50. The first-order valence-electron chi connectivity index (χ1n) is 9.54. The van der Waals surface area contributed by atoms with E-state index in [9.17, 15) is 4.79 Å². The molecule has 1 aliphatic carbocycles. The predicted molar refractivity (Wildman–Crippen MR) is 97.3 cm³/mol. The number of ether oxygens (including phenoxy) is 1. The van der Waals surface area contributed by atoms with E-state index in [0.29, 0.717) is 5.92 Å². The highest BCUT2D eigenvalue weighted by atomic mass is 16.5. The third-order valence-corrected chi connectivity index (χ3v) is 5.83. The van der Waals surface area contributed by atoms with Crippen molar-refractivity contribution in [3.8, 4) is 0 Å². The first kappa shape index (κ1) is 16.6. The third kappa shape index (κ3) is 3.43. The molecule has 2 saturated heterocycles. The van der Waals surface area contributed by atoms with E-state index in [1.165, 1.54) is 6.42 Å². The molecule has 0 bridgehead atoms. The highest BCUT2D eigenvalue weighted by molar-refractivity contribution is 5.94. The maximum Gasteiger partial charge on any atom is 0.249 e. The lowest BCUT2D eigenvalue weighted by atomic mass is 9.78. The van der Waals surface area contributed by atoms with Crippen molar-refractivity contribution in [3.05, 3.63) is 36.0 Å². The zero-order valence-electron chi connectivity index (χ0n) is 14.7. The smallest absolute Gasteiger partial charge is 0.249 e. The molecule has 1 aromatic rings. The van der Waals surface area contributed by atoms with Crippen molar-refractivity contribution < 1.29 is 9.53 Å². The first-order chi connectivity index (χ1) is 12.3. The Kier molecular flexibility index (Phi) is 4.75. The molecule has 0 radical (unpaired) electrons. The zero-order chi connectivity index (χ0) is 17.1. The molecule has 4 rings (SSSR count). The van der Waals surface area contributed by atoms with E-state index in [2.05, 4.69) is 16.4 Å². The molecule has 5 heteroatoms. The summed E-state index contributed by atoms with van der Waals surface area (Å²) in [6.07, 6.45) is 10.5. The van der Waals surface area contributed by atoms with Crippen molar-refractivity contribution in [2.75, 3.05) is 31.6 Å². The van der Waals surface area contributed by atoms with Crippen molar-refractivity contribution in [2.24, 2.45) is 5.92 Å². The number of carbonyl (C=O) groups excluding carboxylic acids is 1. The number of pyridine rings is 1. The molecular formula is C20H27N3O2. The van der Waals surface area contributed by atoms with Gasteiger partial charge in [0.25, 0.3) is 0 Å². The van der Waals surface area contributed by atoms with Crippen LogP contribution in [0, 0.1) is 5.92 Å². The van der Waals surface area contributed by atoms with Gasteiger partial charge < -0.3 is 15.0 Å². The predicted octanol–water partition coefficient (Wildman–Crippen LogP) is 3.00. The van der Waals surface area contributed by atoms with Crippen molar-refractivity contribution in [2.45, 2.75) is 44.1 Å². The summed E-state index contributed by atoms with van der Waals surface area (Å²) in [5, 5.41) is 3.39. The Balaban J connectivity index is 1.29. The Morgan fingerprint density at radius 3 is 3.04 bits per heavy atom. The SMILES string of the molecule is O=C(C1=CCCCC1)N1CC2(C1)OCCC2CCNc1ccccn1. The first-order valence-corrected chi connectivity index (χ1v) is 9.54. The van der Waals surface area contributed by atoms with E-state index < -0.39 is 0 Å². The summed E-state index contributed by atoms with van der Waals surface area (Å²) in [6.45, 7) is 3.24. The normalized spacial score (nSPS) is 24.7. The molecule has 3 aliphatic rings. The summed E-state index contributed by atoms with van der Waals surface area (Å²) in [5.41, 5.74) is 0.920. The zero-order valence-corrected chi connectivity index (χ0v) is 14.7. The quantitative estimate of drug-likeness (QED) is 0.894. The van der Waals surface area contributed by atoms with Crippen LogP contribution in [0.5, 0.6) is 0 Å². The molecule has 1 N–H and O–H groups in total. The summed E-state index contributed by atoms with van der Waals surface area (Å²) in [4.78, 5) is 18.9. The molecule has 3 heterocycles. The van der Waals surface area contributed by atoms with Gasteiger partial charge in [-0.05, 0) is 56.6 Å². The van der Waals surface area contributed by atoms with Crippen molar-refractivity contribution >= 4 is 11.7 Å². The van der Waals surface area contributed by atoms with Crippen LogP contribution in [-0.4, -0.2) is 47.6 Å². The molecule has 1 spiro atoms. The molecule has 1 amide bonds. The number of allylic oxidation sites excluding steroid dienone is 1. The minimum absolute atomic E-state index is 0.101. The largest absolute Gasteiger partial charge is 0.371 e. The number of rotatable bonds is 5. The number of amides is 1. The van der Waals surface area contributed by atoms with Gasteiger partial charge in [0.05, 0.1) is 13.1 Å². The summed E-state index contributed by atoms with van der Waals surface area (Å²) in [6, 6.07) is 5.90. The van der Waals surface area contributed by atoms with Crippen molar-refractivity contribution in [1.82, 2.24) is 9.88 Å². The Morgan fingerprint density at radius 2 is 2.28 bits per heavy atom. The van der Waals surface area contributed by atoms with Gasteiger partial charge in [0.15, 0.2) is 0 Å². The Morgan fingerprint density at radius 1 is 1.36 bits per heavy atom. The van der Waals surface area contributed by atoms with Crippen LogP contribution in [0.4, 0.5) is 5.82 Å². The Hall–Kier alpha value is -1.88. The lowest BCUT2D eigenvalue weighted by molar-refractivity contribution is -0.161. The number of anilines is 1. The minimum Gasteiger partial charge on any atom is -0.371 e. The summed E-state index contributed by atoms with van der Waals surface area (Å²) in [7, 11) is 0. The number of hydrogen-bond donors (Lipinski definition) is 1. The van der Waals surface area contributed by atoms with Crippen LogP contribution in [0.25, 0.3) is 0 Å². The maximum atomic E-state index is 12.6. The highest BCUT2D eigenvalue weighted by Gasteiger charge is 2.54. The van der Waals surface area contributed by atoms with E-state index in [1.54, 1.807) is 6.20 Å². The van der Waals surface area contributed by atoms with Crippen LogP contribution < -0.4 is 5.32 Å². The average molecular weight is 341 g/mol. The van der Waals surface area contributed by atoms with Gasteiger partial charge in [-0.2, -0.15) is 0 Å². The molecule has 2 fully saturated rings. The number of aromatic nitrogens is 1.